The maximum atomic E-state index is 5.43. The molecule has 4 nitrogen and oxygen atoms in total. The highest BCUT2D eigenvalue weighted by Gasteiger charge is 2.21. The summed E-state index contributed by atoms with van der Waals surface area (Å²) in [6, 6.07) is 2.04. The predicted molar refractivity (Wildman–Crippen MR) is 68.8 cm³/mol. The quantitative estimate of drug-likeness (QED) is 0.898. The molecule has 0 aliphatic carbocycles. The van der Waals surface area contributed by atoms with E-state index in [1.165, 1.54) is 11.1 Å². The van der Waals surface area contributed by atoms with Crippen LogP contribution in [0.15, 0.2) is 6.07 Å². The molecule has 0 saturated heterocycles. The molecule has 0 fully saturated rings. The number of fused-ring (bicyclic) bond motifs is 1. The van der Waals surface area contributed by atoms with Gasteiger partial charge in [-0.3, -0.25) is 0 Å². The Bertz CT molecular complexity index is 382. The Hall–Kier alpha value is -1.13. The smallest absolute Gasteiger partial charge is 0.203 e. The molecule has 0 bridgehead atoms. The average Bonchev–Trinajstić information content (AvgIpc) is 2.36. The molecular formula is C12H18ClNO3. The average molecular weight is 260 g/mol. The van der Waals surface area contributed by atoms with Gasteiger partial charge in [0.25, 0.3) is 0 Å². The Kier molecular flexibility index (Phi) is 4.90. The number of methoxy groups -OCH3 is 3. The maximum absolute atomic E-state index is 5.43. The van der Waals surface area contributed by atoms with Crippen LogP contribution in [-0.4, -0.2) is 27.9 Å². The molecule has 0 saturated carbocycles. The zero-order valence-corrected chi connectivity index (χ0v) is 11.1. The van der Waals surface area contributed by atoms with Crippen LogP contribution in [0.4, 0.5) is 0 Å². The van der Waals surface area contributed by atoms with E-state index in [4.69, 9.17) is 14.2 Å². The van der Waals surface area contributed by atoms with Crippen molar-refractivity contribution in [1.82, 2.24) is 5.32 Å². The fraction of sp³-hybridized carbons (Fsp3) is 0.500. The highest BCUT2D eigenvalue weighted by atomic mass is 35.5. The summed E-state index contributed by atoms with van der Waals surface area (Å²) < 4.78 is 16.1. The van der Waals surface area contributed by atoms with Gasteiger partial charge in [0.1, 0.15) is 0 Å². The van der Waals surface area contributed by atoms with E-state index < -0.39 is 0 Å². The van der Waals surface area contributed by atoms with Crippen LogP contribution < -0.4 is 19.5 Å². The first kappa shape index (κ1) is 13.9. The van der Waals surface area contributed by atoms with E-state index in [9.17, 15) is 0 Å². The SMILES string of the molecule is COc1cc2c(c(OC)c1OC)CNCC2.Cl. The molecule has 96 valence electrons. The lowest BCUT2D eigenvalue weighted by molar-refractivity contribution is 0.319. The number of nitrogens with one attached hydrogen (secondary N) is 1. The van der Waals surface area contributed by atoms with Crippen molar-refractivity contribution in [1.29, 1.82) is 0 Å². The molecule has 17 heavy (non-hydrogen) atoms. The molecule has 1 aromatic rings. The van der Waals surface area contributed by atoms with E-state index in [0.717, 1.165) is 31.0 Å². The van der Waals surface area contributed by atoms with Crippen LogP contribution in [0.1, 0.15) is 11.1 Å². The molecule has 0 spiro atoms. The zero-order chi connectivity index (χ0) is 11.5. The lowest BCUT2D eigenvalue weighted by Gasteiger charge is -2.23. The number of hydrogen-bond donors (Lipinski definition) is 1. The first-order valence-corrected chi connectivity index (χ1v) is 5.33. The van der Waals surface area contributed by atoms with Crippen LogP contribution >= 0.6 is 12.4 Å². The first-order chi connectivity index (χ1) is 7.81. The second-order valence-electron chi connectivity index (χ2n) is 3.71. The van der Waals surface area contributed by atoms with Crippen LogP contribution in [0.25, 0.3) is 0 Å². The second-order valence-corrected chi connectivity index (χ2v) is 3.71. The molecule has 0 unspecified atom stereocenters. The van der Waals surface area contributed by atoms with Crippen molar-refractivity contribution in [2.45, 2.75) is 13.0 Å². The minimum Gasteiger partial charge on any atom is -0.493 e. The summed E-state index contributed by atoms with van der Waals surface area (Å²) in [5, 5.41) is 3.33. The topological polar surface area (TPSA) is 39.7 Å². The van der Waals surface area contributed by atoms with Crippen molar-refractivity contribution in [2.24, 2.45) is 0 Å². The van der Waals surface area contributed by atoms with Crippen LogP contribution in [-0.2, 0) is 13.0 Å². The number of benzene rings is 1. The van der Waals surface area contributed by atoms with E-state index in [2.05, 4.69) is 5.32 Å². The van der Waals surface area contributed by atoms with Crippen LogP contribution in [0.2, 0.25) is 0 Å². The largest absolute Gasteiger partial charge is 0.493 e. The van der Waals surface area contributed by atoms with Crippen molar-refractivity contribution < 1.29 is 14.2 Å². The van der Waals surface area contributed by atoms with Crippen LogP contribution in [0, 0.1) is 0 Å². The number of rotatable bonds is 3. The van der Waals surface area contributed by atoms with Gasteiger partial charge in [-0.2, -0.15) is 0 Å². The van der Waals surface area contributed by atoms with E-state index in [1.54, 1.807) is 21.3 Å². The van der Waals surface area contributed by atoms with Gasteiger partial charge in [0, 0.05) is 12.1 Å². The lowest BCUT2D eigenvalue weighted by Crippen LogP contribution is -2.24. The van der Waals surface area contributed by atoms with E-state index in [0.29, 0.717) is 5.75 Å². The maximum Gasteiger partial charge on any atom is 0.203 e. The number of ether oxygens (including phenoxy) is 3. The van der Waals surface area contributed by atoms with Crippen molar-refractivity contribution in [2.75, 3.05) is 27.9 Å². The summed E-state index contributed by atoms with van der Waals surface area (Å²) in [4.78, 5) is 0. The third-order valence-electron chi connectivity index (χ3n) is 2.90. The van der Waals surface area contributed by atoms with Gasteiger partial charge in [0.05, 0.1) is 21.3 Å². The van der Waals surface area contributed by atoms with E-state index in [-0.39, 0.29) is 12.4 Å². The monoisotopic (exact) mass is 259 g/mol. The summed E-state index contributed by atoms with van der Waals surface area (Å²) in [7, 11) is 4.93. The predicted octanol–water partition coefficient (Wildman–Crippen LogP) is 1.78. The summed E-state index contributed by atoms with van der Waals surface area (Å²) in [5.74, 6) is 2.19. The lowest BCUT2D eigenvalue weighted by atomic mass is 9.99. The van der Waals surface area contributed by atoms with Gasteiger partial charge >= 0.3 is 0 Å². The van der Waals surface area contributed by atoms with E-state index >= 15 is 0 Å². The fourth-order valence-electron chi connectivity index (χ4n) is 2.12. The Morgan fingerprint density at radius 1 is 1.06 bits per heavy atom. The van der Waals surface area contributed by atoms with Gasteiger partial charge in [-0.1, -0.05) is 0 Å². The van der Waals surface area contributed by atoms with Crippen molar-refractivity contribution in [3.05, 3.63) is 17.2 Å². The van der Waals surface area contributed by atoms with Crippen molar-refractivity contribution in [3.8, 4) is 17.2 Å². The normalized spacial score (nSPS) is 13.4. The van der Waals surface area contributed by atoms with Gasteiger partial charge in [0.2, 0.25) is 5.75 Å². The molecule has 1 heterocycles. The third kappa shape index (κ3) is 2.42. The van der Waals surface area contributed by atoms with Gasteiger partial charge in [0.15, 0.2) is 11.5 Å². The van der Waals surface area contributed by atoms with Crippen LogP contribution in [0.3, 0.4) is 0 Å². The molecule has 0 amide bonds. The first-order valence-electron chi connectivity index (χ1n) is 5.33. The Morgan fingerprint density at radius 2 is 1.76 bits per heavy atom. The van der Waals surface area contributed by atoms with Gasteiger partial charge in [-0.05, 0) is 24.6 Å². The van der Waals surface area contributed by atoms with E-state index in [1.807, 2.05) is 6.07 Å². The third-order valence-corrected chi connectivity index (χ3v) is 2.90. The second kappa shape index (κ2) is 5.98. The summed E-state index contributed by atoms with van der Waals surface area (Å²) in [6.07, 6.45) is 0.992. The fourth-order valence-corrected chi connectivity index (χ4v) is 2.12. The van der Waals surface area contributed by atoms with Gasteiger partial charge < -0.3 is 19.5 Å². The molecule has 0 atom stereocenters. The molecule has 1 aliphatic heterocycles. The number of hydrogen-bond acceptors (Lipinski definition) is 4. The molecule has 0 radical (unpaired) electrons. The van der Waals surface area contributed by atoms with Crippen molar-refractivity contribution in [3.63, 3.8) is 0 Å². The highest BCUT2D eigenvalue weighted by Crippen LogP contribution is 2.42. The molecule has 1 aromatic carbocycles. The zero-order valence-electron chi connectivity index (χ0n) is 10.3. The molecule has 5 heteroatoms. The molecule has 1 aliphatic rings. The molecule has 0 aromatic heterocycles. The minimum atomic E-state index is 0. The van der Waals surface area contributed by atoms with Crippen molar-refractivity contribution >= 4 is 12.4 Å². The summed E-state index contributed by atoms with van der Waals surface area (Å²) in [6.45, 7) is 1.81. The summed E-state index contributed by atoms with van der Waals surface area (Å²) in [5.41, 5.74) is 2.44. The standard InChI is InChI=1S/C12H17NO3.ClH/c1-14-10-6-8-4-5-13-7-9(8)11(15-2)12(10)16-3;/h6,13H,4-5,7H2,1-3H3;1H. The Morgan fingerprint density at radius 3 is 2.35 bits per heavy atom. The van der Waals surface area contributed by atoms with Crippen LogP contribution in [0.5, 0.6) is 17.2 Å². The number of halogens is 1. The Balaban J connectivity index is 0.00000144. The summed E-state index contributed by atoms with van der Waals surface area (Å²) >= 11 is 0. The van der Waals surface area contributed by atoms with Gasteiger partial charge in [-0.25, -0.2) is 0 Å². The highest BCUT2D eigenvalue weighted by molar-refractivity contribution is 5.85. The molecule has 2 rings (SSSR count). The molecular weight excluding hydrogens is 242 g/mol. The Labute approximate surface area is 108 Å². The van der Waals surface area contributed by atoms with Gasteiger partial charge in [-0.15, -0.1) is 12.4 Å². The minimum absolute atomic E-state index is 0. The molecule has 1 N–H and O–H groups in total.